The first-order valence-electron chi connectivity index (χ1n) is 5.31. The van der Waals surface area contributed by atoms with Crippen LogP contribution >= 0.6 is 19.7 Å². The van der Waals surface area contributed by atoms with Crippen LogP contribution in [0.1, 0.15) is 26.3 Å². The maximum Gasteiger partial charge on any atom is 0.0186 e. The maximum absolute atomic E-state index is 2.40. The molecule has 0 spiro atoms. The van der Waals surface area contributed by atoms with Gasteiger partial charge in [0.15, 0.2) is 0 Å². The van der Waals surface area contributed by atoms with E-state index in [4.69, 9.17) is 0 Å². The Hall–Kier alpha value is -0.0000000000000000555. The molecule has 2 heteroatoms. The van der Waals surface area contributed by atoms with Crippen LogP contribution in [0.15, 0.2) is 29.2 Å². The van der Waals surface area contributed by atoms with Crippen molar-refractivity contribution in [1.82, 2.24) is 0 Å². The lowest BCUT2D eigenvalue weighted by atomic mass is 10.2. The lowest BCUT2D eigenvalue weighted by molar-refractivity contribution is 0.787. The Morgan fingerprint density at radius 3 is 2.33 bits per heavy atom. The van der Waals surface area contributed by atoms with Crippen LogP contribution in [0.25, 0.3) is 0 Å². The molecule has 1 rings (SSSR count). The Kier molecular flexibility index (Phi) is 4.67. The van der Waals surface area contributed by atoms with Crippen LogP contribution in [0.3, 0.4) is 0 Å². The van der Waals surface area contributed by atoms with Gasteiger partial charge in [0, 0.05) is 10.4 Å². The molecule has 1 atom stereocenters. The van der Waals surface area contributed by atoms with E-state index in [0.717, 1.165) is 0 Å². The van der Waals surface area contributed by atoms with Gasteiger partial charge in [-0.25, -0.2) is 0 Å². The standard InChI is InChI=1S/C13H21PS/c1-11-8-6-7-9-12(11)15-10-14(5)13(2,3)4/h6-9H,10H2,1-5H3. The molecule has 0 aliphatic rings. The average molecular weight is 240 g/mol. The number of rotatable bonds is 3. The SMILES string of the molecule is Cc1ccccc1SCP(C)C(C)(C)C. The van der Waals surface area contributed by atoms with Crippen molar-refractivity contribution in [2.45, 2.75) is 37.7 Å². The number of hydrogen-bond donors (Lipinski definition) is 0. The second-order valence-electron chi connectivity index (χ2n) is 4.91. The van der Waals surface area contributed by atoms with E-state index in [0.29, 0.717) is 5.16 Å². The van der Waals surface area contributed by atoms with E-state index in [9.17, 15) is 0 Å². The van der Waals surface area contributed by atoms with Crippen LogP contribution in [0.2, 0.25) is 0 Å². The van der Waals surface area contributed by atoms with E-state index >= 15 is 0 Å². The maximum atomic E-state index is 2.40. The molecule has 84 valence electrons. The van der Waals surface area contributed by atoms with Gasteiger partial charge in [-0.3, -0.25) is 0 Å². The van der Waals surface area contributed by atoms with Crippen molar-refractivity contribution in [3.8, 4) is 0 Å². The van der Waals surface area contributed by atoms with Gasteiger partial charge in [-0.1, -0.05) is 46.9 Å². The fourth-order valence-corrected chi connectivity index (χ4v) is 4.43. The highest BCUT2D eigenvalue weighted by Gasteiger charge is 2.19. The lowest BCUT2D eigenvalue weighted by Gasteiger charge is -2.27. The molecule has 0 radical (unpaired) electrons. The minimum atomic E-state index is 0.105. The van der Waals surface area contributed by atoms with Gasteiger partial charge in [-0.2, -0.15) is 0 Å². The molecular formula is C13H21PS. The molecule has 1 aromatic rings. The van der Waals surface area contributed by atoms with Gasteiger partial charge in [0.2, 0.25) is 0 Å². The van der Waals surface area contributed by atoms with Crippen molar-refractivity contribution in [2.75, 3.05) is 12.2 Å². The minimum Gasteiger partial charge on any atom is -0.121 e. The number of benzene rings is 1. The Labute approximate surface area is 99.6 Å². The van der Waals surface area contributed by atoms with Crippen LogP contribution in [-0.2, 0) is 0 Å². The third kappa shape index (κ3) is 4.17. The molecule has 0 fully saturated rings. The number of thioether (sulfide) groups is 1. The zero-order valence-electron chi connectivity index (χ0n) is 10.4. The highest BCUT2D eigenvalue weighted by atomic mass is 32.2. The zero-order valence-corrected chi connectivity index (χ0v) is 12.1. The summed E-state index contributed by atoms with van der Waals surface area (Å²) >= 11 is 2.01. The zero-order chi connectivity index (χ0) is 11.5. The molecule has 15 heavy (non-hydrogen) atoms. The van der Waals surface area contributed by atoms with Gasteiger partial charge in [-0.05, 0) is 30.4 Å². The smallest absolute Gasteiger partial charge is 0.0186 e. The Morgan fingerprint density at radius 1 is 1.20 bits per heavy atom. The van der Waals surface area contributed by atoms with Crippen molar-refractivity contribution in [2.24, 2.45) is 0 Å². The summed E-state index contributed by atoms with van der Waals surface area (Å²) in [6, 6.07) is 8.66. The molecule has 0 amide bonds. The summed E-state index contributed by atoms with van der Waals surface area (Å²) in [4.78, 5) is 1.44. The quantitative estimate of drug-likeness (QED) is 0.532. The summed E-state index contributed by atoms with van der Waals surface area (Å²) in [5.74, 6) is 0. The van der Waals surface area contributed by atoms with Crippen molar-refractivity contribution < 1.29 is 0 Å². The number of aryl methyl sites for hydroxylation is 1. The molecule has 0 N–H and O–H groups in total. The van der Waals surface area contributed by atoms with E-state index < -0.39 is 0 Å². The topological polar surface area (TPSA) is 0 Å². The second-order valence-corrected chi connectivity index (χ2v) is 9.41. The van der Waals surface area contributed by atoms with Crippen LogP contribution in [0.5, 0.6) is 0 Å². The summed E-state index contributed by atoms with van der Waals surface area (Å²) < 4.78 is 0. The van der Waals surface area contributed by atoms with Crippen molar-refractivity contribution in [3.05, 3.63) is 29.8 Å². The Bertz CT molecular complexity index is 315. The molecule has 0 aliphatic heterocycles. The van der Waals surface area contributed by atoms with E-state index in [1.807, 2.05) is 11.8 Å². The first-order chi connectivity index (χ1) is 6.91. The first kappa shape index (κ1) is 13.1. The fourth-order valence-electron chi connectivity index (χ4n) is 1.08. The molecule has 0 aliphatic carbocycles. The second kappa shape index (κ2) is 5.37. The molecule has 0 nitrogen and oxygen atoms in total. The lowest BCUT2D eigenvalue weighted by Crippen LogP contribution is -2.11. The monoisotopic (exact) mass is 240 g/mol. The highest BCUT2D eigenvalue weighted by molar-refractivity contribution is 8.05. The average Bonchev–Trinajstić information content (AvgIpc) is 2.14. The largest absolute Gasteiger partial charge is 0.121 e. The highest BCUT2D eigenvalue weighted by Crippen LogP contribution is 2.49. The fraction of sp³-hybridized carbons (Fsp3) is 0.538. The third-order valence-corrected chi connectivity index (χ3v) is 7.78. The van der Waals surface area contributed by atoms with Gasteiger partial charge >= 0.3 is 0 Å². The van der Waals surface area contributed by atoms with Gasteiger partial charge < -0.3 is 0 Å². The molecule has 0 heterocycles. The van der Waals surface area contributed by atoms with Crippen LogP contribution < -0.4 is 0 Å². The minimum absolute atomic E-state index is 0.105. The summed E-state index contributed by atoms with van der Waals surface area (Å²) in [6.45, 7) is 11.6. The van der Waals surface area contributed by atoms with E-state index in [1.54, 1.807) is 0 Å². The van der Waals surface area contributed by atoms with Gasteiger partial charge in [0.1, 0.15) is 0 Å². The van der Waals surface area contributed by atoms with Crippen molar-refractivity contribution >= 4 is 19.7 Å². The summed E-state index contributed by atoms with van der Waals surface area (Å²) in [7, 11) is 0.105. The summed E-state index contributed by atoms with van der Waals surface area (Å²) in [5, 5.41) is 0.477. The Balaban J connectivity index is 2.55. The van der Waals surface area contributed by atoms with E-state index in [1.165, 1.54) is 16.0 Å². The molecular weight excluding hydrogens is 219 g/mol. The molecule has 0 aromatic heterocycles. The predicted octanol–water partition coefficient (Wildman–Crippen LogP) is 4.95. The predicted molar refractivity (Wildman–Crippen MR) is 74.5 cm³/mol. The molecule has 0 saturated heterocycles. The first-order valence-corrected chi connectivity index (χ1v) is 8.27. The molecule has 1 unspecified atom stereocenters. The van der Waals surface area contributed by atoms with Gasteiger partial charge in [0.25, 0.3) is 0 Å². The van der Waals surface area contributed by atoms with E-state index in [2.05, 4.69) is 58.6 Å². The summed E-state index contributed by atoms with van der Waals surface area (Å²) in [6.07, 6.45) is 0. The van der Waals surface area contributed by atoms with Gasteiger partial charge in [-0.15, -0.1) is 11.8 Å². The summed E-state index contributed by atoms with van der Waals surface area (Å²) in [5.41, 5.74) is 2.67. The number of hydrogen-bond acceptors (Lipinski definition) is 1. The molecule has 1 aromatic carbocycles. The Morgan fingerprint density at radius 2 is 1.80 bits per heavy atom. The van der Waals surface area contributed by atoms with Gasteiger partial charge in [0.05, 0.1) is 0 Å². The van der Waals surface area contributed by atoms with Crippen LogP contribution in [-0.4, -0.2) is 17.3 Å². The third-order valence-electron chi connectivity index (χ3n) is 2.65. The normalized spacial score (nSPS) is 13.9. The van der Waals surface area contributed by atoms with Crippen LogP contribution in [0.4, 0.5) is 0 Å². The van der Waals surface area contributed by atoms with Crippen molar-refractivity contribution in [3.63, 3.8) is 0 Å². The molecule has 0 bridgehead atoms. The van der Waals surface area contributed by atoms with Crippen LogP contribution in [0, 0.1) is 6.92 Å². The van der Waals surface area contributed by atoms with E-state index in [-0.39, 0.29) is 7.92 Å². The van der Waals surface area contributed by atoms with Crippen molar-refractivity contribution in [1.29, 1.82) is 0 Å². The molecule has 0 saturated carbocycles.